The molecule has 0 radical (unpaired) electrons. The molecule has 1 aromatic carbocycles. The molecule has 0 spiro atoms. The Hall–Kier alpha value is -2.34. The van der Waals surface area contributed by atoms with Crippen molar-refractivity contribution in [1.29, 1.82) is 0 Å². The summed E-state index contributed by atoms with van der Waals surface area (Å²) in [5.41, 5.74) is 2.02. The van der Waals surface area contributed by atoms with Gasteiger partial charge in [0.1, 0.15) is 11.2 Å². The smallest absolute Gasteiger partial charge is 0.259 e. The van der Waals surface area contributed by atoms with Gasteiger partial charge in [0.15, 0.2) is 0 Å². The van der Waals surface area contributed by atoms with Crippen molar-refractivity contribution in [2.75, 3.05) is 13.1 Å². The number of hydrogen-bond donors (Lipinski definition) is 1. The van der Waals surface area contributed by atoms with E-state index < -0.39 is 6.04 Å². The van der Waals surface area contributed by atoms with Crippen molar-refractivity contribution in [3.05, 3.63) is 52.3 Å². The second-order valence-electron chi connectivity index (χ2n) is 6.46. The van der Waals surface area contributed by atoms with Crippen LogP contribution in [0.1, 0.15) is 41.4 Å². The van der Waals surface area contributed by atoms with Gasteiger partial charge in [-0.1, -0.05) is 48.9 Å². The Balaban J connectivity index is 1.90. The van der Waals surface area contributed by atoms with Gasteiger partial charge in [-0.15, -0.1) is 0 Å². The molecule has 2 aromatic rings. The van der Waals surface area contributed by atoms with Gasteiger partial charge in [-0.2, -0.15) is 5.10 Å². The highest BCUT2D eigenvalue weighted by molar-refractivity contribution is 6.33. The van der Waals surface area contributed by atoms with E-state index in [1.54, 1.807) is 16.5 Å². The maximum Gasteiger partial charge on any atom is 0.259 e. The van der Waals surface area contributed by atoms with E-state index in [0.29, 0.717) is 42.5 Å². The van der Waals surface area contributed by atoms with Gasteiger partial charge in [0.2, 0.25) is 5.91 Å². The van der Waals surface area contributed by atoms with Crippen molar-refractivity contribution in [1.82, 2.24) is 20.0 Å². The molecule has 0 unspecified atom stereocenters. The third-order valence-electron chi connectivity index (χ3n) is 4.66. The van der Waals surface area contributed by atoms with E-state index in [4.69, 9.17) is 11.6 Å². The first-order chi connectivity index (χ1) is 12.5. The molecule has 1 aliphatic rings. The molecule has 0 saturated carbocycles. The second kappa shape index (κ2) is 7.91. The molecule has 0 bridgehead atoms. The van der Waals surface area contributed by atoms with Crippen molar-refractivity contribution >= 4 is 23.4 Å². The fraction of sp³-hybridized carbons (Fsp3) is 0.421. The van der Waals surface area contributed by atoms with Crippen LogP contribution >= 0.6 is 11.6 Å². The fourth-order valence-corrected chi connectivity index (χ4v) is 3.64. The van der Waals surface area contributed by atoms with Crippen LogP contribution in [-0.4, -0.2) is 45.6 Å². The summed E-state index contributed by atoms with van der Waals surface area (Å²) in [6, 6.07) is 9.35. The fourth-order valence-electron chi connectivity index (χ4n) is 3.33. The first-order valence-electron chi connectivity index (χ1n) is 8.88. The highest BCUT2D eigenvalue weighted by Crippen LogP contribution is 2.24. The van der Waals surface area contributed by atoms with E-state index in [2.05, 4.69) is 10.4 Å². The molecule has 26 heavy (non-hydrogen) atoms. The van der Waals surface area contributed by atoms with Gasteiger partial charge in [-0.05, 0) is 25.3 Å². The van der Waals surface area contributed by atoms with Crippen LogP contribution in [0.15, 0.2) is 30.3 Å². The van der Waals surface area contributed by atoms with Gasteiger partial charge in [0, 0.05) is 13.1 Å². The molecule has 1 atom stereocenters. The van der Waals surface area contributed by atoms with Crippen LogP contribution in [0, 0.1) is 6.92 Å². The van der Waals surface area contributed by atoms with Crippen molar-refractivity contribution in [2.24, 2.45) is 0 Å². The summed E-state index contributed by atoms with van der Waals surface area (Å²) in [6.45, 7) is 5.28. The van der Waals surface area contributed by atoms with Crippen molar-refractivity contribution in [3.8, 4) is 0 Å². The third-order valence-corrected chi connectivity index (χ3v) is 5.04. The lowest BCUT2D eigenvalue weighted by atomic mass is 10.1. The molecule has 1 saturated heterocycles. The number of hydrogen-bond acceptors (Lipinski definition) is 3. The normalized spacial score (nSPS) is 17.7. The highest BCUT2D eigenvalue weighted by atomic mass is 35.5. The van der Waals surface area contributed by atoms with Gasteiger partial charge >= 0.3 is 0 Å². The summed E-state index contributed by atoms with van der Waals surface area (Å²) in [5, 5.41) is 7.63. The van der Waals surface area contributed by atoms with Gasteiger partial charge in [0.05, 0.1) is 17.8 Å². The number of amides is 2. The number of benzene rings is 1. The lowest BCUT2D eigenvalue weighted by Gasteiger charge is -2.27. The lowest BCUT2D eigenvalue weighted by Crippen LogP contribution is -2.47. The first kappa shape index (κ1) is 18.5. The number of aromatic nitrogens is 2. The van der Waals surface area contributed by atoms with E-state index in [0.717, 1.165) is 12.0 Å². The van der Waals surface area contributed by atoms with Crippen LogP contribution in [0.4, 0.5) is 0 Å². The number of halogens is 1. The maximum absolute atomic E-state index is 13.2. The van der Waals surface area contributed by atoms with E-state index in [1.165, 1.54) is 0 Å². The Labute approximate surface area is 158 Å². The van der Waals surface area contributed by atoms with Crippen LogP contribution in [0.2, 0.25) is 5.15 Å². The Bertz CT molecular complexity index is 803. The van der Waals surface area contributed by atoms with E-state index in [1.807, 2.05) is 37.3 Å². The average molecular weight is 375 g/mol. The number of rotatable bonds is 4. The minimum atomic E-state index is -0.474. The molecular weight excluding hydrogens is 352 g/mol. The van der Waals surface area contributed by atoms with Gasteiger partial charge in [-0.3, -0.25) is 9.59 Å². The predicted molar refractivity (Wildman–Crippen MR) is 100 cm³/mol. The number of nitrogens with one attached hydrogen (secondary N) is 1. The predicted octanol–water partition coefficient (Wildman–Crippen LogP) is 2.63. The molecule has 2 heterocycles. The van der Waals surface area contributed by atoms with E-state index >= 15 is 0 Å². The molecule has 3 rings (SSSR count). The van der Waals surface area contributed by atoms with Crippen molar-refractivity contribution < 1.29 is 9.59 Å². The molecule has 1 N–H and O–H groups in total. The average Bonchev–Trinajstić information content (AvgIpc) is 2.80. The zero-order chi connectivity index (χ0) is 18.7. The Morgan fingerprint density at radius 2 is 2.08 bits per heavy atom. The summed E-state index contributed by atoms with van der Waals surface area (Å²) < 4.78 is 1.64. The Kier molecular flexibility index (Phi) is 5.61. The quantitative estimate of drug-likeness (QED) is 0.894. The van der Waals surface area contributed by atoms with Crippen LogP contribution < -0.4 is 5.32 Å². The van der Waals surface area contributed by atoms with Crippen molar-refractivity contribution in [3.63, 3.8) is 0 Å². The second-order valence-corrected chi connectivity index (χ2v) is 6.82. The molecule has 1 fully saturated rings. The highest BCUT2D eigenvalue weighted by Gasteiger charge is 2.33. The molecule has 138 valence electrons. The minimum absolute atomic E-state index is 0.108. The van der Waals surface area contributed by atoms with Crippen LogP contribution in [-0.2, 0) is 11.3 Å². The molecule has 6 nitrogen and oxygen atoms in total. The first-order valence-corrected chi connectivity index (χ1v) is 9.26. The number of carbonyl (C=O) groups excluding carboxylic acids is 2. The zero-order valence-corrected chi connectivity index (χ0v) is 15.8. The van der Waals surface area contributed by atoms with Gasteiger partial charge in [0.25, 0.3) is 5.91 Å². The number of nitrogens with zero attached hydrogens (tertiary/aromatic N) is 3. The molecule has 0 aliphatic carbocycles. The molecular formula is C19H23ClN4O2. The summed E-state index contributed by atoms with van der Waals surface area (Å²) in [7, 11) is 0. The molecule has 1 aliphatic heterocycles. The molecule has 2 amide bonds. The minimum Gasteiger partial charge on any atom is -0.354 e. The monoisotopic (exact) mass is 374 g/mol. The topological polar surface area (TPSA) is 67.2 Å². The summed E-state index contributed by atoms with van der Waals surface area (Å²) in [5.74, 6) is -0.334. The molecule has 1 aromatic heterocycles. The summed E-state index contributed by atoms with van der Waals surface area (Å²) in [4.78, 5) is 27.1. The summed E-state index contributed by atoms with van der Waals surface area (Å²) in [6.07, 6.45) is 1.29. The van der Waals surface area contributed by atoms with E-state index in [9.17, 15) is 9.59 Å². The van der Waals surface area contributed by atoms with Crippen molar-refractivity contribution in [2.45, 2.75) is 39.3 Å². The van der Waals surface area contributed by atoms with Crippen LogP contribution in [0.3, 0.4) is 0 Å². The standard InChI is InChI=1S/C19H23ClN4O2/c1-3-15-18(25)21-10-7-11-23(15)19(26)16-13(2)22-24(17(16)20)12-14-8-5-4-6-9-14/h4-6,8-9,15H,3,7,10-12H2,1-2H3,(H,21,25)/t15-/m0/s1. The number of carbonyl (C=O) groups is 2. The lowest BCUT2D eigenvalue weighted by molar-refractivity contribution is -0.124. The van der Waals surface area contributed by atoms with Gasteiger partial charge in [-0.25, -0.2) is 4.68 Å². The SMILES string of the molecule is CC[C@H]1C(=O)NCCCN1C(=O)c1c(C)nn(Cc2ccccc2)c1Cl. The Morgan fingerprint density at radius 3 is 2.77 bits per heavy atom. The maximum atomic E-state index is 13.2. The molecule has 7 heteroatoms. The zero-order valence-electron chi connectivity index (χ0n) is 15.0. The van der Waals surface area contributed by atoms with Gasteiger partial charge < -0.3 is 10.2 Å². The largest absolute Gasteiger partial charge is 0.354 e. The van der Waals surface area contributed by atoms with Crippen LogP contribution in [0.5, 0.6) is 0 Å². The Morgan fingerprint density at radius 1 is 1.35 bits per heavy atom. The van der Waals surface area contributed by atoms with E-state index in [-0.39, 0.29) is 11.8 Å². The van der Waals surface area contributed by atoms with Crippen LogP contribution in [0.25, 0.3) is 0 Å². The number of aryl methyl sites for hydroxylation is 1. The third kappa shape index (κ3) is 3.60. The summed E-state index contributed by atoms with van der Waals surface area (Å²) >= 11 is 6.51.